The van der Waals surface area contributed by atoms with Crippen LogP contribution in [0.25, 0.3) is 0 Å². The molecule has 2 aliphatic heterocycles. The van der Waals surface area contributed by atoms with Gasteiger partial charge in [-0.25, -0.2) is 0 Å². The van der Waals surface area contributed by atoms with Crippen LogP contribution in [0.4, 0.5) is 0 Å². The van der Waals surface area contributed by atoms with Gasteiger partial charge in [-0.2, -0.15) is 0 Å². The van der Waals surface area contributed by atoms with Gasteiger partial charge >= 0.3 is 41.8 Å². The lowest BCUT2D eigenvalue weighted by atomic mass is 9.96. The molecule has 2 rings (SSSR count). The Morgan fingerprint density at radius 2 is 0.841 bits per heavy atom. The van der Waals surface area contributed by atoms with E-state index in [9.17, 15) is 38.7 Å². The molecule has 1 N–H and O–H groups in total. The molecule has 0 bridgehead atoms. The molecule has 44 heavy (non-hydrogen) atoms. The minimum absolute atomic E-state index is 0.572. The lowest BCUT2D eigenvalue weighted by Gasteiger charge is -2.48. The number of ether oxygens (including phenoxy) is 10. The van der Waals surface area contributed by atoms with Gasteiger partial charge in [-0.3, -0.25) is 33.6 Å². The fourth-order valence-electron chi connectivity index (χ4n) is 4.49. The third-order valence-corrected chi connectivity index (χ3v) is 5.90. The first-order chi connectivity index (χ1) is 20.5. The van der Waals surface area contributed by atoms with Crippen LogP contribution in [-0.4, -0.2) is 122 Å². The SMILES string of the molecule is CC(=O)OC[C@H]1O[C@@H](O[C@H]2[C@H](OC(C)=O)[C@H](OC(C)=O)C(O)O[C@@H]2COC(C)=O)[C@H](OC(C)=O)[C@@H](OC(C)=O)[C@H]1OC(C)=O. The summed E-state index contributed by atoms with van der Waals surface area (Å²) in [6.45, 7) is 6.11. The van der Waals surface area contributed by atoms with Crippen molar-refractivity contribution in [3.05, 3.63) is 0 Å². The van der Waals surface area contributed by atoms with Crippen molar-refractivity contribution < 1.29 is 86.0 Å². The van der Waals surface area contributed by atoms with E-state index in [1.54, 1.807) is 0 Å². The van der Waals surface area contributed by atoms with E-state index < -0.39 is 116 Å². The lowest BCUT2D eigenvalue weighted by Crippen LogP contribution is -2.67. The number of hydrogen-bond acceptors (Lipinski definition) is 18. The number of esters is 7. The summed E-state index contributed by atoms with van der Waals surface area (Å²) >= 11 is 0. The Morgan fingerprint density at radius 3 is 1.27 bits per heavy atom. The van der Waals surface area contributed by atoms with Gasteiger partial charge in [0.25, 0.3) is 0 Å². The Labute approximate surface area is 251 Å². The molecule has 248 valence electrons. The monoisotopic (exact) mass is 636 g/mol. The highest BCUT2D eigenvalue weighted by atomic mass is 16.8. The van der Waals surface area contributed by atoms with Crippen molar-refractivity contribution in [1.29, 1.82) is 0 Å². The fraction of sp³-hybridized carbons (Fsp3) is 0.731. The summed E-state index contributed by atoms with van der Waals surface area (Å²) < 4.78 is 54.1. The van der Waals surface area contributed by atoms with Crippen molar-refractivity contribution in [2.24, 2.45) is 0 Å². The van der Waals surface area contributed by atoms with Crippen molar-refractivity contribution in [3.8, 4) is 0 Å². The zero-order valence-electron chi connectivity index (χ0n) is 25.1. The Morgan fingerprint density at radius 1 is 0.477 bits per heavy atom. The summed E-state index contributed by atoms with van der Waals surface area (Å²) in [6.07, 6.45) is -16.3. The molecule has 0 aliphatic carbocycles. The molecule has 10 atom stereocenters. The molecule has 0 aromatic carbocycles. The number of aliphatic hydroxyl groups is 1. The van der Waals surface area contributed by atoms with Crippen LogP contribution in [0, 0.1) is 0 Å². The predicted octanol–water partition coefficient (Wildman–Crippen LogP) is -1.40. The minimum atomic E-state index is -1.90. The number of hydrogen-bond donors (Lipinski definition) is 1. The quantitative estimate of drug-likeness (QED) is 0.203. The van der Waals surface area contributed by atoms with Crippen molar-refractivity contribution in [2.45, 2.75) is 110 Å². The molecular formula is C26H36O18. The summed E-state index contributed by atoms with van der Waals surface area (Å²) in [5.74, 6) is -6.03. The topological polar surface area (TPSA) is 232 Å². The predicted molar refractivity (Wildman–Crippen MR) is 135 cm³/mol. The molecule has 2 heterocycles. The second-order valence-corrected chi connectivity index (χ2v) is 9.68. The van der Waals surface area contributed by atoms with Crippen LogP contribution in [0.3, 0.4) is 0 Å². The highest BCUT2D eigenvalue weighted by Gasteiger charge is 2.57. The van der Waals surface area contributed by atoms with Crippen LogP contribution in [0.2, 0.25) is 0 Å². The molecular weight excluding hydrogens is 600 g/mol. The highest BCUT2D eigenvalue weighted by Crippen LogP contribution is 2.34. The van der Waals surface area contributed by atoms with Crippen LogP contribution in [0.15, 0.2) is 0 Å². The normalized spacial score (nSPS) is 31.5. The van der Waals surface area contributed by atoms with Crippen molar-refractivity contribution in [2.75, 3.05) is 13.2 Å². The Bertz CT molecular complexity index is 1090. The summed E-state index contributed by atoms with van der Waals surface area (Å²) in [4.78, 5) is 83.5. The average molecular weight is 637 g/mol. The van der Waals surface area contributed by atoms with Crippen molar-refractivity contribution in [3.63, 3.8) is 0 Å². The zero-order chi connectivity index (χ0) is 33.3. The van der Waals surface area contributed by atoms with Crippen LogP contribution >= 0.6 is 0 Å². The van der Waals surface area contributed by atoms with Crippen LogP contribution in [-0.2, 0) is 80.9 Å². The van der Waals surface area contributed by atoms with Crippen LogP contribution < -0.4 is 0 Å². The summed E-state index contributed by atoms with van der Waals surface area (Å²) in [5.41, 5.74) is 0. The van der Waals surface area contributed by atoms with Gasteiger partial charge in [-0.05, 0) is 0 Å². The molecule has 0 radical (unpaired) electrons. The third kappa shape index (κ3) is 10.7. The molecule has 0 aromatic heterocycles. The summed E-state index contributed by atoms with van der Waals surface area (Å²) in [5, 5.41) is 10.6. The standard InChI is InChI=1S/C26H36O18/c1-10(27)35-8-17-20(21(38-13(4)30)23(25(34)42-17)40-15(6)32)44-26-24(41-16(7)33)22(39-14(5)31)19(37-12(3)29)18(43-26)9-36-11(2)28/h17-26,34H,8-9H2,1-7H3/t17-,18-,19+,20-,21+,22+,23+,24-,25?,26+/m1/s1. The van der Waals surface area contributed by atoms with Crippen LogP contribution in [0.1, 0.15) is 48.5 Å². The maximum atomic E-state index is 12.2. The maximum Gasteiger partial charge on any atom is 0.303 e. The number of carbonyl (C=O) groups is 7. The van der Waals surface area contributed by atoms with Gasteiger partial charge in [-0.1, -0.05) is 0 Å². The Hall–Kier alpha value is -3.87. The van der Waals surface area contributed by atoms with E-state index in [1.165, 1.54) is 0 Å². The van der Waals surface area contributed by atoms with Crippen LogP contribution in [0.5, 0.6) is 0 Å². The molecule has 18 heteroatoms. The second-order valence-electron chi connectivity index (χ2n) is 9.68. The first-order valence-corrected chi connectivity index (χ1v) is 13.3. The largest absolute Gasteiger partial charge is 0.463 e. The van der Waals surface area contributed by atoms with Gasteiger partial charge in [0.1, 0.15) is 31.5 Å². The van der Waals surface area contributed by atoms with Gasteiger partial charge in [0.2, 0.25) is 0 Å². The molecule has 0 aromatic rings. The molecule has 2 fully saturated rings. The van der Waals surface area contributed by atoms with Crippen molar-refractivity contribution in [1.82, 2.24) is 0 Å². The molecule has 18 nitrogen and oxygen atoms in total. The first-order valence-electron chi connectivity index (χ1n) is 13.3. The maximum absolute atomic E-state index is 12.2. The number of carbonyl (C=O) groups excluding carboxylic acids is 7. The third-order valence-electron chi connectivity index (χ3n) is 5.90. The molecule has 0 spiro atoms. The van der Waals surface area contributed by atoms with Gasteiger partial charge < -0.3 is 52.5 Å². The molecule has 2 saturated heterocycles. The molecule has 1 unspecified atom stereocenters. The summed E-state index contributed by atoms with van der Waals surface area (Å²) in [6, 6.07) is 0. The fourth-order valence-corrected chi connectivity index (χ4v) is 4.49. The Balaban J connectivity index is 2.66. The molecule has 2 aliphatic rings. The zero-order valence-corrected chi connectivity index (χ0v) is 25.1. The number of aliphatic hydroxyl groups excluding tert-OH is 1. The van der Waals surface area contributed by atoms with E-state index >= 15 is 0 Å². The van der Waals surface area contributed by atoms with Gasteiger partial charge in [0.15, 0.2) is 43.1 Å². The van der Waals surface area contributed by atoms with E-state index in [-0.39, 0.29) is 0 Å². The highest BCUT2D eigenvalue weighted by molar-refractivity contribution is 5.69. The van der Waals surface area contributed by atoms with E-state index in [1.807, 2.05) is 0 Å². The second kappa shape index (κ2) is 16.3. The van der Waals surface area contributed by atoms with E-state index in [2.05, 4.69) is 0 Å². The molecule has 0 saturated carbocycles. The van der Waals surface area contributed by atoms with Gasteiger partial charge in [0.05, 0.1) is 0 Å². The number of rotatable bonds is 11. The van der Waals surface area contributed by atoms with E-state index in [0.717, 1.165) is 48.5 Å². The van der Waals surface area contributed by atoms with Gasteiger partial charge in [-0.15, -0.1) is 0 Å². The molecule has 0 amide bonds. The van der Waals surface area contributed by atoms with Gasteiger partial charge in [0, 0.05) is 48.5 Å². The average Bonchev–Trinajstić information content (AvgIpc) is 2.87. The Kier molecular flexibility index (Phi) is 13.4. The lowest BCUT2D eigenvalue weighted by molar-refractivity contribution is -0.357. The first kappa shape index (κ1) is 36.3. The smallest absolute Gasteiger partial charge is 0.303 e. The van der Waals surface area contributed by atoms with Crippen molar-refractivity contribution >= 4 is 41.8 Å². The summed E-state index contributed by atoms with van der Waals surface area (Å²) in [7, 11) is 0. The van der Waals surface area contributed by atoms with E-state index in [0.29, 0.717) is 0 Å². The minimum Gasteiger partial charge on any atom is -0.463 e. The van der Waals surface area contributed by atoms with E-state index in [4.69, 9.17) is 47.4 Å².